The van der Waals surface area contributed by atoms with Crippen LogP contribution in [0.2, 0.25) is 0 Å². The molecular weight excluding hydrogens is 490 g/mol. The Kier molecular flexibility index (Phi) is 6.32. The van der Waals surface area contributed by atoms with Crippen LogP contribution in [0, 0.1) is 13.8 Å². The number of anilines is 1. The van der Waals surface area contributed by atoms with Gasteiger partial charge in [-0.1, -0.05) is 23.8 Å². The summed E-state index contributed by atoms with van der Waals surface area (Å²) in [4.78, 5) is 20.4. The molecule has 0 bridgehead atoms. The van der Waals surface area contributed by atoms with Crippen molar-refractivity contribution in [3.05, 3.63) is 64.9 Å². The summed E-state index contributed by atoms with van der Waals surface area (Å²) in [6, 6.07) is 10.2. The van der Waals surface area contributed by atoms with E-state index in [1.54, 1.807) is 34.7 Å². The van der Waals surface area contributed by atoms with E-state index in [-0.39, 0.29) is 16.7 Å². The number of furan rings is 1. The number of fused-ring (bicyclic) bond motifs is 1. The standard InChI is InChI=1S/C24H25N3O4S3/c1-16-13-19-21(14-17(16)2)33-24(25-19)26(15-18-7-5-11-31-18)23(28)20-8-3-4-10-27(20)34(29,30)22-9-6-12-32-22/h5-7,9,11-14,20H,3-4,8,10,15H2,1-2H3. The monoisotopic (exact) mass is 515 g/mol. The molecule has 0 spiro atoms. The molecule has 3 aromatic heterocycles. The van der Waals surface area contributed by atoms with Crippen molar-refractivity contribution < 1.29 is 17.6 Å². The van der Waals surface area contributed by atoms with Gasteiger partial charge in [-0.3, -0.25) is 9.69 Å². The highest BCUT2D eigenvalue weighted by Gasteiger charge is 2.41. The third-order valence-electron chi connectivity index (χ3n) is 6.18. The quantitative estimate of drug-likeness (QED) is 0.346. The molecule has 1 saturated heterocycles. The van der Waals surface area contributed by atoms with E-state index in [0.29, 0.717) is 23.9 Å². The molecule has 0 saturated carbocycles. The summed E-state index contributed by atoms with van der Waals surface area (Å²) in [5, 5.41) is 2.28. The summed E-state index contributed by atoms with van der Waals surface area (Å²) < 4.78 is 34.9. The van der Waals surface area contributed by atoms with Crippen molar-refractivity contribution in [1.29, 1.82) is 0 Å². The van der Waals surface area contributed by atoms with Gasteiger partial charge in [0, 0.05) is 6.54 Å². The fraction of sp³-hybridized carbons (Fsp3) is 0.333. The van der Waals surface area contributed by atoms with Crippen LogP contribution in [-0.2, 0) is 21.4 Å². The molecule has 5 rings (SSSR count). The first-order valence-corrected chi connectivity index (χ1v) is 14.2. The topological polar surface area (TPSA) is 83.7 Å². The van der Waals surface area contributed by atoms with E-state index in [0.717, 1.165) is 34.2 Å². The number of rotatable bonds is 6. The average Bonchev–Trinajstić information content (AvgIpc) is 3.59. The fourth-order valence-electron chi connectivity index (χ4n) is 4.23. The largest absolute Gasteiger partial charge is 0.467 e. The molecule has 1 atom stereocenters. The molecule has 178 valence electrons. The average molecular weight is 516 g/mol. The van der Waals surface area contributed by atoms with Gasteiger partial charge in [0.1, 0.15) is 16.0 Å². The van der Waals surface area contributed by atoms with Crippen molar-refractivity contribution in [3.63, 3.8) is 0 Å². The van der Waals surface area contributed by atoms with Gasteiger partial charge >= 0.3 is 0 Å². The smallest absolute Gasteiger partial charge is 0.253 e. The number of sulfonamides is 1. The van der Waals surface area contributed by atoms with Crippen LogP contribution < -0.4 is 4.90 Å². The Balaban J connectivity index is 1.55. The van der Waals surface area contributed by atoms with E-state index in [9.17, 15) is 13.2 Å². The zero-order valence-electron chi connectivity index (χ0n) is 18.9. The lowest BCUT2D eigenvalue weighted by Gasteiger charge is -2.35. The summed E-state index contributed by atoms with van der Waals surface area (Å²) in [5.74, 6) is 0.340. The number of amides is 1. The molecule has 34 heavy (non-hydrogen) atoms. The van der Waals surface area contributed by atoms with Gasteiger partial charge in [-0.2, -0.15) is 4.31 Å². The lowest BCUT2D eigenvalue weighted by atomic mass is 10.0. The molecule has 4 aromatic rings. The minimum Gasteiger partial charge on any atom is -0.467 e. The Hall–Kier alpha value is -2.53. The Bertz CT molecular complexity index is 1370. The zero-order valence-corrected chi connectivity index (χ0v) is 21.4. The second-order valence-corrected chi connectivity index (χ2v) is 12.5. The number of carbonyl (C=O) groups excluding carboxylic acids is 1. The molecule has 0 aliphatic carbocycles. The molecule has 1 unspecified atom stereocenters. The normalized spacial score (nSPS) is 17.3. The van der Waals surface area contributed by atoms with Gasteiger partial charge in [-0.15, -0.1) is 11.3 Å². The number of thiazole rings is 1. The lowest BCUT2D eigenvalue weighted by molar-refractivity contribution is -0.123. The molecule has 10 heteroatoms. The van der Waals surface area contributed by atoms with Crippen LogP contribution in [0.15, 0.2) is 56.7 Å². The summed E-state index contributed by atoms with van der Waals surface area (Å²) in [7, 11) is -3.76. The number of carbonyl (C=O) groups is 1. The fourth-order valence-corrected chi connectivity index (χ4v) is 8.05. The first-order chi connectivity index (χ1) is 16.3. The predicted molar refractivity (Wildman–Crippen MR) is 135 cm³/mol. The van der Waals surface area contributed by atoms with Gasteiger partial charge < -0.3 is 4.42 Å². The minimum atomic E-state index is -3.76. The van der Waals surface area contributed by atoms with E-state index in [1.165, 1.54) is 27.0 Å². The van der Waals surface area contributed by atoms with Crippen LogP contribution in [0.5, 0.6) is 0 Å². The van der Waals surface area contributed by atoms with Crippen molar-refractivity contribution in [1.82, 2.24) is 9.29 Å². The maximum atomic E-state index is 14.0. The second-order valence-electron chi connectivity index (χ2n) is 8.46. The van der Waals surface area contributed by atoms with Crippen molar-refractivity contribution in [2.45, 2.75) is 49.9 Å². The molecule has 1 aliphatic rings. The number of aromatic nitrogens is 1. The van der Waals surface area contributed by atoms with Gasteiger partial charge in [0.2, 0.25) is 5.91 Å². The van der Waals surface area contributed by atoms with Crippen LogP contribution in [0.25, 0.3) is 10.2 Å². The van der Waals surface area contributed by atoms with Crippen LogP contribution in [0.3, 0.4) is 0 Å². The Morgan fingerprint density at radius 2 is 2.03 bits per heavy atom. The van der Waals surface area contributed by atoms with Crippen LogP contribution in [-0.4, -0.2) is 36.2 Å². The van der Waals surface area contributed by atoms with E-state index in [4.69, 9.17) is 9.40 Å². The molecule has 1 amide bonds. The highest BCUT2D eigenvalue weighted by molar-refractivity contribution is 7.91. The summed E-state index contributed by atoms with van der Waals surface area (Å²) in [6.45, 7) is 4.60. The van der Waals surface area contributed by atoms with E-state index in [2.05, 4.69) is 13.0 Å². The maximum absolute atomic E-state index is 14.0. The third-order valence-corrected chi connectivity index (χ3v) is 10.5. The number of aryl methyl sites for hydroxylation is 2. The van der Waals surface area contributed by atoms with Gasteiger partial charge in [-0.05, 0) is 73.5 Å². The number of benzene rings is 1. The lowest BCUT2D eigenvalue weighted by Crippen LogP contribution is -2.52. The SMILES string of the molecule is Cc1cc2nc(N(Cc3ccco3)C(=O)C3CCCCN3S(=O)(=O)c3cccs3)sc2cc1C. The number of nitrogens with zero attached hydrogens (tertiary/aromatic N) is 3. The predicted octanol–water partition coefficient (Wildman–Crippen LogP) is 5.34. The van der Waals surface area contributed by atoms with Gasteiger partial charge in [0.05, 0.1) is 23.0 Å². The minimum absolute atomic E-state index is 0.188. The third kappa shape index (κ3) is 4.31. The Labute approximate surface area is 206 Å². The van der Waals surface area contributed by atoms with E-state index >= 15 is 0 Å². The van der Waals surface area contributed by atoms with Crippen molar-refractivity contribution >= 4 is 54.0 Å². The van der Waals surface area contributed by atoms with Crippen LogP contribution >= 0.6 is 22.7 Å². The van der Waals surface area contributed by atoms with Crippen LogP contribution in [0.1, 0.15) is 36.1 Å². The Morgan fingerprint density at radius 3 is 2.76 bits per heavy atom. The van der Waals surface area contributed by atoms with Crippen molar-refractivity contribution in [3.8, 4) is 0 Å². The molecule has 1 aromatic carbocycles. The molecule has 0 radical (unpaired) electrons. The van der Waals surface area contributed by atoms with Crippen molar-refractivity contribution in [2.24, 2.45) is 0 Å². The molecule has 1 aliphatic heterocycles. The number of piperidine rings is 1. The number of hydrogen-bond acceptors (Lipinski definition) is 7. The first kappa shape index (κ1) is 23.2. The van der Waals surface area contributed by atoms with Crippen LogP contribution in [0.4, 0.5) is 5.13 Å². The zero-order chi connectivity index (χ0) is 23.9. The van der Waals surface area contributed by atoms with Gasteiger partial charge in [-0.25, -0.2) is 13.4 Å². The maximum Gasteiger partial charge on any atom is 0.253 e. The van der Waals surface area contributed by atoms with Gasteiger partial charge in [0.15, 0.2) is 5.13 Å². The van der Waals surface area contributed by atoms with E-state index in [1.807, 2.05) is 19.1 Å². The second kappa shape index (κ2) is 9.26. The number of hydrogen-bond donors (Lipinski definition) is 0. The Morgan fingerprint density at radius 1 is 1.21 bits per heavy atom. The highest BCUT2D eigenvalue weighted by Crippen LogP contribution is 2.34. The summed E-state index contributed by atoms with van der Waals surface area (Å²) in [6.07, 6.45) is 3.56. The summed E-state index contributed by atoms with van der Waals surface area (Å²) in [5.41, 5.74) is 3.12. The summed E-state index contributed by atoms with van der Waals surface area (Å²) >= 11 is 2.61. The molecule has 7 nitrogen and oxygen atoms in total. The van der Waals surface area contributed by atoms with E-state index < -0.39 is 16.1 Å². The molecule has 4 heterocycles. The van der Waals surface area contributed by atoms with Gasteiger partial charge in [0.25, 0.3) is 10.0 Å². The number of thiophene rings is 1. The molecular formula is C24H25N3O4S3. The highest BCUT2D eigenvalue weighted by atomic mass is 32.2. The first-order valence-electron chi connectivity index (χ1n) is 11.1. The van der Waals surface area contributed by atoms with Crippen molar-refractivity contribution in [2.75, 3.05) is 11.4 Å². The molecule has 1 fully saturated rings. The molecule has 0 N–H and O–H groups in total.